The highest BCUT2D eigenvalue weighted by Crippen LogP contribution is 2.47. The number of carbonyl (C=O) groups excluding carboxylic acids is 3. The number of nitrogens with zero attached hydrogens (tertiary/aromatic N) is 4. The number of ether oxygens (including phenoxy) is 5. The maximum atomic E-state index is 14.2. The number of aliphatic hydroxyl groups excluding tert-OH is 2. The lowest BCUT2D eigenvalue weighted by molar-refractivity contribution is -0.152. The molecule has 1 fully saturated rings. The molecule has 6 atom stereocenters. The van der Waals surface area contributed by atoms with Gasteiger partial charge in [-0.3, -0.25) is 18.6 Å². The fourth-order valence-corrected chi connectivity index (χ4v) is 6.30. The van der Waals surface area contributed by atoms with Gasteiger partial charge in [-0.1, -0.05) is 39.5 Å². The van der Waals surface area contributed by atoms with Gasteiger partial charge < -0.3 is 39.6 Å². The second kappa shape index (κ2) is 19.6. The number of nitriles is 1. The van der Waals surface area contributed by atoms with E-state index in [0.29, 0.717) is 18.4 Å². The van der Waals surface area contributed by atoms with Gasteiger partial charge in [0.2, 0.25) is 12.4 Å². The van der Waals surface area contributed by atoms with Crippen molar-refractivity contribution in [3.8, 4) is 6.07 Å². The molecular formula is C31H47N6O13P. The molecule has 1 aliphatic rings. The molecule has 0 amide bonds. The lowest BCUT2D eigenvalue weighted by atomic mass is 9.92. The van der Waals surface area contributed by atoms with Crippen molar-refractivity contribution in [2.75, 3.05) is 32.3 Å². The molecule has 1 unspecified atom stereocenters. The van der Waals surface area contributed by atoms with E-state index in [2.05, 4.69) is 15.2 Å². The van der Waals surface area contributed by atoms with E-state index in [1.165, 1.54) is 16.6 Å². The number of aromatic nitrogens is 3. The third-order valence-electron chi connectivity index (χ3n) is 7.60. The third kappa shape index (κ3) is 11.3. The van der Waals surface area contributed by atoms with Crippen LogP contribution in [0.1, 0.15) is 78.3 Å². The minimum absolute atomic E-state index is 0.00102. The van der Waals surface area contributed by atoms with Crippen molar-refractivity contribution in [1.82, 2.24) is 19.7 Å². The number of unbranched alkanes of at least 4 members (excludes halogenated alkanes) is 4. The first kappa shape index (κ1) is 41.5. The van der Waals surface area contributed by atoms with E-state index in [4.69, 9.17) is 38.5 Å². The Balaban J connectivity index is 1.85. The van der Waals surface area contributed by atoms with Crippen LogP contribution in [-0.4, -0.2) is 100.0 Å². The van der Waals surface area contributed by atoms with E-state index in [9.17, 15) is 34.4 Å². The number of hydrogen-bond acceptors (Lipinski definition) is 17. The fraction of sp³-hybridized carbons (Fsp3) is 0.677. The molecule has 0 saturated carbocycles. The van der Waals surface area contributed by atoms with Gasteiger partial charge in [0.05, 0.1) is 38.0 Å². The Morgan fingerprint density at radius 2 is 1.78 bits per heavy atom. The zero-order chi connectivity index (χ0) is 37.6. The highest BCUT2D eigenvalue weighted by molar-refractivity contribution is 7.51. The molecule has 0 radical (unpaired) electrons. The molecule has 0 aliphatic carbocycles. The summed E-state index contributed by atoms with van der Waals surface area (Å²) in [5, 5.41) is 38.7. The summed E-state index contributed by atoms with van der Waals surface area (Å²) in [6, 6.07) is 3.14. The van der Waals surface area contributed by atoms with Crippen LogP contribution in [-0.2, 0) is 52.5 Å². The zero-order valence-corrected chi connectivity index (χ0v) is 30.0. The van der Waals surface area contributed by atoms with Crippen LogP contribution in [0.15, 0.2) is 18.5 Å². The molecule has 51 heavy (non-hydrogen) atoms. The number of nitrogen functional groups attached to an aromatic ring is 1. The topological polar surface area (TPSA) is 265 Å². The van der Waals surface area contributed by atoms with Gasteiger partial charge in [-0.05, 0) is 38.8 Å². The summed E-state index contributed by atoms with van der Waals surface area (Å²) in [6.45, 7) is 5.35. The van der Waals surface area contributed by atoms with Crippen LogP contribution < -0.4 is 10.8 Å². The van der Waals surface area contributed by atoms with Gasteiger partial charge in [0.25, 0.3) is 0 Å². The van der Waals surface area contributed by atoms with Gasteiger partial charge in [0.1, 0.15) is 42.3 Å². The van der Waals surface area contributed by atoms with E-state index >= 15 is 0 Å². The summed E-state index contributed by atoms with van der Waals surface area (Å²) in [4.78, 5) is 41.7. The molecule has 0 bridgehead atoms. The zero-order valence-electron chi connectivity index (χ0n) is 29.1. The molecule has 5 N–H and O–H groups in total. The van der Waals surface area contributed by atoms with Gasteiger partial charge >= 0.3 is 25.8 Å². The van der Waals surface area contributed by atoms with Crippen molar-refractivity contribution >= 4 is 37.2 Å². The predicted molar refractivity (Wildman–Crippen MR) is 176 cm³/mol. The van der Waals surface area contributed by atoms with E-state index in [-0.39, 0.29) is 24.7 Å². The number of nitrogens with two attached hydrogens (primary N) is 1. The number of carbonyl (C=O) groups is 3. The maximum Gasteiger partial charge on any atom is 0.510 e. The molecule has 0 aromatic carbocycles. The lowest BCUT2D eigenvalue weighted by Gasteiger charge is -2.26. The Hall–Kier alpha value is -3.89. The number of nitrogens with one attached hydrogen (secondary N) is 1. The van der Waals surface area contributed by atoms with E-state index in [1.54, 1.807) is 13.8 Å². The highest BCUT2D eigenvalue weighted by atomic mass is 31.2. The summed E-state index contributed by atoms with van der Waals surface area (Å²) in [7, 11) is -4.80. The minimum atomic E-state index is -4.80. The van der Waals surface area contributed by atoms with Gasteiger partial charge in [0, 0.05) is 0 Å². The Kier molecular flexibility index (Phi) is 16.0. The summed E-state index contributed by atoms with van der Waals surface area (Å²) in [5.74, 6) is -1.71. The molecule has 284 valence electrons. The molecule has 19 nitrogen and oxygen atoms in total. The highest BCUT2D eigenvalue weighted by Gasteiger charge is 2.58. The van der Waals surface area contributed by atoms with Crippen molar-refractivity contribution < 1.29 is 61.9 Å². The van der Waals surface area contributed by atoms with Crippen molar-refractivity contribution in [3.63, 3.8) is 0 Å². The normalized spacial score (nSPS) is 21.9. The predicted octanol–water partition coefficient (Wildman–Crippen LogP) is 2.63. The Morgan fingerprint density at radius 3 is 2.43 bits per heavy atom. The monoisotopic (exact) mass is 742 g/mol. The average molecular weight is 743 g/mol. The number of aliphatic hydroxyl groups is 2. The first-order valence-electron chi connectivity index (χ1n) is 16.7. The number of hydrogen-bond donors (Lipinski definition) is 4. The summed E-state index contributed by atoms with van der Waals surface area (Å²) < 4.78 is 52.3. The summed E-state index contributed by atoms with van der Waals surface area (Å²) in [5.41, 5.74) is 3.99. The Morgan fingerprint density at radius 1 is 1.10 bits per heavy atom. The molecule has 0 spiro atoms. The number of anilines is 1. The molecule has 3 rings (SSSR count). The van der Waals surface area contributed by atoms with Crippen LogP contribution in [0, 0.1) is 11.3 Å². The van der Waals surface area contributed by atoms with Crippen LogP contribution in [0.2, 0.25) is 0 Å². The van der Waals surface area contributed by atoms with Gasteiger partial charge in [-0.15, -0.1) is 0 Å². The summed E-state index contributed by atoms with van der Waals surface area (Å²) in [6.07, 6.45) is -2.01. The molecule has 2 aromatic rings. The van der Waals surface area contributed by atoms with Crippen LogP contribution in [0.3, 0.4) is 0 Å². The smallest absolute Gasteiger partial charge is 0.466 e. The van der Waals surface area contributed by atoms with Crippen LogP contribution in [0.5, 0.6) is 0 Å². The standard InChI is InChI=1S/C31H47N6O13P/c1-5-7-9-13-44-25(38)15-21(29(41)45-14-10-8-6-2)36-51(43,48-19-46-30(42)49-20(3)4)47-16-23-26(39)27(40)31(17-32,50-23)24-12-11-22-28(33)34-18-35-37(22)24/h11-12,18,20-21,23,26-27,39-40H,5-10,13-16,19H2,1-4H3,(H,36,43)(H2,33,34,35)/t21-,23+,26+,27+,31-,51?/m0/s1. The van der Waals surface area contributed by atoms with Crippen molar-refractivity contribution in [1.29, 1.82) is 5.26 Å². The third-order valence-corrected chi connectivity index (χ3v) is 9.16. The molecule has 2 aromatic heterocycles. The van der Waals surface area contributed by atoms with Gasteiger partial charge in [-0.2, -0.15) is 10.4 Å². The largest absolute Gasteiger partial charge is 0.510 e. The molecule has 20 heteroatoms. The first-order valence-corrected chi connectivity index (χ1v) is 18.2. The lowest BCUT2D eigenvalue weighted by Crippen LogP contribution is -2.41. The number of esters is 2. The minimum Gasteiger partial charge on any atom is -0.466 e. The number of rotatable bonds is 21. The molecule has 1 saturated heterocycles. The Bertz CT molecular complexity index is 1550. The fourth-order valence-electron chi connectivity index (χ4n) is 4.97. The SMILES string of the molecule is CCCCCOC(=O)C[C@H](NP(=O)(OCOC(=O)OC(C)C)OC[C@H]1O[C@@](C#N)(c2ccc3c(N)ncnn23)[C@H](O)[C@@H]1O)C(=O)OCCCCC. The molecular weight excluding hydrogens is 695 g/mol. The molecule has 1 aliphatic heterocycles. The second-order valence-corrected chi connectivity index (χ2v) is 13.7. The van der Waals surface area contributed by atoms with E-state index < -0.39 is 81.7 Å². The van der Waals surface area contributed by atoms with Gasteiger partial charge in [0.15, 0.2) is 5.82 Å². The molecule has 3 heterocycles. The van der Waals surface area contributed by atoms with Crippen molar-refractivity contribution in [2.24, 2.45) is 0 Å². The van der Waals surface area contributed by atoms with Crippen LogP contribution >= 0.6 is 7.75 Å². The van der Waals surface area contributed by atoms with Crippen molar-refractivity contribution in [2.45, 2.75) is 109 Å². The second-order valence-electron chi connectivity index (χ2n) is 11.9. The van der Waals surface area contributed by atoms with Crippen LogP contribution in [0.4, 0.5) is 10.6 Å². The maximum absolute atomic E-state index is 14.2. The summed E-state index contributed by atoms with van der Waals surface area (Å²) >= 11 is 0. The van der Waals surface area contributed by atoms with Gasteiger partial charge in [-0.25, -0.2) is 23.9 Å². The quantitative estimate of drug-likeness (QED) is 0.0471. The van der Waals surface area contributed by atoms with Crippen LogP contribution in [0.25, 0.3) is 5.52 Å². The number of fused-ring (bicyclic) bond motifs is 1. The average Bonchev–Trinajstić information content (AvgIpc) is 3.63. The first-order chi connectivity index (χ1) is 24.3. The van der Waals surface area contributed by atoms with E-state index in [0.717, 1.165) is 32.0 Å². The Labute approximate surface area is 295 Å². The van der Waals surface area contributed by atoms with Crippen molar-refractivity contribution in [3.05, 3.63) is 24.2 Å². The van der Waals surface area contributed by atoms with E-state index in [1.807, 2.05) is 19.9 Å².